The molecule has 0 bridgehead atoms. The van der Waals surface area contributed by atoms with E-state index in [2.05, 4.69) is 10.0 Å². The number of carbonyl (C=O) groups excluding carboxylic acids is 1. The number of carbonyl (C=O) groups is 1. The van der Waals surface area contributed by atoms with Crippen LogP contribution in [0.5, 0.6) is 0 Å². The van der Waals surface area contributed by atoms with Crippen LogP contribution < -0.4 is 14.9 Å². The third-order valence-corrected chi connectivity index (χ3v) is 8.23. The number of urea groups is 1. The van der Waals surface area contributed by atoms with Gasteiger partial charge in [-0.05, 0) is 59.6 Å². The van der Waals surface area contributed by atoms with E-state index in [0.717, 1.165) is 0 Å². The van der Waals surface area contributed by atoms with Crippen LogP contribution in [-0.2, 0) is 14.8 Å². The fourth-order valence-corrected chi connectivity index (χ4v) is 5.07. The van der Waals surface area contributed by atoms with Gasteiger partial charge in [-0.3, -0.25) is 0 Å². The van der Waals surface area contributed by atoms with E-state index in [1.54, 1.807) is 25.7 Å². The van der Waals surface area contributed by atoms with E-state index in [1.165, 1.54) is 17.0 Å². The van der Waals surface area contributed by atoms with Crippen LogP contribution in [0.25, 0.3) is 0 Å². The first-order chi connectivity index (χ1) is 15.3. The summed E-state index contributed by atoms with van der Waals surface area (Å²) in [5.41, 5.74) is -0.0920. The number of sulfonamides is 1. The molecule has 2 aliphatic rings. The van der Waals surface area contributed by atoms with Gasteiger partial charge in [0.25, 0.3) is 0 Å². The zero-order valence-corrected chi connectivity index (χ0v) is 20.6. The molecule has 2 fully saturated rings. The van der Waals surface area contributed by atoms with Crippen LogP contribution in [0.3, 0.4) is 0 Å². The zero-order valence-electron chi connectivity index (χ0n) is 19.8. The maximum Gasteiger partial charge on any atom is 0.321 e. The molecule has 33 heavy (non-hydrogen) atoms. The normalized spacial score (nSPS) is 23.0. The molecule has 0 aromatic heterocycles. The summed E-state index contributed by atoms with van der Waals surface area (Å²) in [5.74, 6) is -2.12. The Bertz CT molecular complexity index is 965. The second-order valence-corrected chi connectivity index (χ2v) is 12.3. The number of amides is 2. The Morgan fingerprint density at radius 2 is 1.64 bits per heavy atom. The lowest BCUT2D eigenvalue weighted by molar-refractivity contribution is -0.00542. The van der Waals surface area contributed by atoms with Crippen LogP contribution in [-0.4, -0.2) is 68.5 Å². The minimum atomic E-state index is -3.49. The van der Waals surface area contributed by atoms with Crippen molar-refractivity contribution in [3.05, 3.63) is 23.8 Å². The van der Waals surface area contributed by atoms with Gasteiger partial charge in [0.05, 0.1) is 28.3 Å². The van der Waals surface area contributed by atoms with E-state index >= 15 is 0 Å². The third kappa shape index (κ3) is 5.93. The molecule has 186 valence electrons. The monoisotopic (exact) mass is 488 g/mol. The van der Waals surface area contributed by atoms with Crippen molar-refractivity contribution in [3.8, 4) is 0 Å². The molecule has 11 heteroatoms. The van der Waals surface area contributed by atoms with Crippen LogP contribution in [0.1, 0.15) is 47.5 Å². The van der Waals surface area contributed by atoms with E-state index in [0.29, 0.717) is 39.0 Å². The van der Waals surface area contributed by atoms with Gasteiger partial charge in [0, 0.05) is 32.2 Å². The SMILES string of the molecule is CC1CN(c2ccc(NC(=O)N3CCC(NS(=O)(=O)C(C)(C)C)CC3)c(F)c2F)CC(C)O1. The Kier molecular flexibility index (Phi) is 7.55. The van der Waals surface area contributed by atoms with Crippen LogP contribution in [0, 0.1) is 11.6 Å². The molecule has 0 saturated carbocycles. The molecule has 2 heterocycles. The molecule has 2 unspecified atom stereocenters. The molecule has 2 atom stereocenters. The number of likely N-dealkylation sites (tertiary alicyclic amines) is 1. The Labute approximate surface area is 194 Å². The molecule has 2 N–H and O–H groups in total. The highest BCUT2D eigenvalue weighted by Gasteiger charge is 2.33. The molecule has 8 nitrogen and oxygen atoms in total. The molecule has 0 aliphatic carbocycles. The first kappa shape index (κ1) is 25.6. The number of benzene rings is 1. The minimum absolute atomic E-state index is 0.105. The lowest BCUT2D eigenvalue weighted by Gasteiger charge is -2.37. The number of halogens is 2. The summed E-state index contributed by atoms with van der Waals surface area (Å²) in [6.07, 6.45) is 0.662. The van der Waals surface area contributed by atoms with Gasteiger partial charge >= 0.3 is 6.03 Å². The van der Waals surface area contributed by atoms with E-state index in [1.807, 2.05) is 13.8 Å². The number of anilines is 2. The molecular formula is C22H34F2N4O4S. The third-order valence-electron chi connectivity index (χ3n) is 5.97. The molecular weight excluding hydrogens is 454 g/mol. The van der Waals surface area contributed by atoms with Crippen molar-refractivity contribution in [1.29, 1.82) is 0 Å². The van der Waals surface area contributed by atoms with Crippen molar-refractivity contribution in [1.82, 2.24) is 9.62 Å². The van der Waals surface area contributed by atoms with Gasteiger partial charge in [0.1, 0.15) is 0 Å². The van der Waals surface area contributed by atoms with Crippen molar-refractivity contribution < 1.29 is 26.7 Å². The quantitative estimate of drug-likeness (QED) is 0.679. The molecule has 2 aliphatic heterocycles. The number of rotatable bonds is 4. The van der Waals surface area contributed by atoms with Crippen molar-refractivity contribution in [2.45, 2.75) is 70.5 Å². The highest BCUT2D eigenvalue weighted by atomic mass is 32.2. The van der Waals surface area contributed by atoms with Gasteiger partial charge in [0.2, 0.25) is 10.0 Å². The lowest BCUT2D eigenvalue weighted by atomic mass is 10.1. The fraction of sp³-hybridized carbons (Fsp3) is 0.682. The summed E-state index contributed by atoms with van der Waals surface area (Å²) in [6, 6.07) is 2.00. The van der Waals surface area contributed by atoms with Gasteiger partial charge < -0.3 is 19.9 Å². The Morgan fingerprint density at radius 3 is 2.18 bits per heavy atom. The summed E-state index contributed by atoms with van der Waals surface area (Å²) in [5, 5.41) is 2.45. The minimum Gasteiger partial charge on any atom is -0.372 e. The fourth-order valence-electron chi connectivity index (χ4n) is 4.05. The van der Waals surface area contributed by atoms with Crippen LogP contribution in [0.4, 0.5) is 25.0 Å². The standard InChI is InChI=1S/C22H34F2N4O4S/c1-14-12-28(13-15(2)32-14)18-7-6-17(19(23)20(18)24)25-21(29)27-10-8-16(9-11-27)26-33(30,31)22(3,4)5/h6-7,14-16,26H,8-13H2,1-5H3,(H,25,29). The molecule has 3 rings (SSSR count). The van der Waals surface area contributed by atoms with Crippen LogP contribution >= 0.6 is 0 Å². The van der Waals surface area contributed by atoms with Crippen molar-refractivity contribution in [2.75, 3.05) is 36.4 Å². The number of hydrogen-bond acceptors (Lipinski definition) is 5. The molecule has 1 aromatic carbocycles. The number of nitrogens with one attached hydrogen (secondary N) is 2. The van der Waals surface area contributed by atoms with Gasteiger partial charge in [-0.15, -0.1) is 0 Å². The van der Waals surface area contributed by atoms with Gasteiger partial charge in [-0.2, -0.15) is 0 Å². The summed E-state index contributed by atoms with van der Waals surface area (Å²) >= 11 is 0. The van der Waals surface area contributed by atoms with Gasteiger partial charge in [-0.1, -0.05) is 0 Å². The van der Waals surface area contributed by atoms with E-state index in [9.17, 15) is 22.0 Å². The molecule has 0 spiro atoms. The molecule has 1 aromatic rings. The molecule has 2 saturated heterocycles. The lowest BCUT2D eigenvalue weighted by Crippen LogP contribution is -2.50. The first-order valence-corrected chi connectivity index (χ1v) is 12.7. The topological polar surface area (TPSA) is 91.0 Å². The largest absolute Gasteiger partial charge is 0.372 e. The number of piperidine rings is 1. The van der Waals surface area contributed by atoms with E-state index in [-0.39, 0.29) is 29.6 Å². The number of nitrogens with zero attached hydrogens (tertiary/aromatic N) is 2. The number of morpholine rings is 1. The Hall–Kier alpha value is -1.98. The van der Waals surface area contributed by atoms with Crippen molar-refractivity contribution in [2.24, 2.45) is 0 Å². The molecule has 2 amide bonds. The summed E-state index contributed by atoms with van der Waals surface area (Å²) in [6.45, 7) is 10.1. The smallest absolute Gasteiger partial charge is 0.321 e. The second kappa shape index (κ2) is 9.71. The van der Waals surface area contributed by atoms with Crippen molar-refractivity contribution in [3.63, 3.8) is 0 Å². The highest BCUT2D eigenvalue weighted by Crippen LogP contribution is 2.29. The van der Waals surface area contributed by atoms with Crippen LogP contribution in [0.2, 0.25) is 0 Å². The van der Waals surface area contributed by atoms with Crippen LogP contribution in [0.15, 0.2) is 12.1 Å². The number of ether oxygens (including phenoxy) is 1. The first-order valence-electron chi connectivity index (χ1n) is 11.2. The average molecular weight is 489 g/mol. The predicted octanol–water partition coefficient (Wildman–Crippen LogP) is 3.29. The van der Waals surface area contributed by atoms with E-state index < -0.39 is 32.4 Å². The maximum absolute atomic E-state index is 14.8. The average Bonchev–Trinajstić information content (AvgIpc) is 2.70. The zero-order chi connectivity index (χ0) is 24.6. The summed E-state index contributed by atoms with van der Waals surface area (Å²) in [7, 11) is -3.49. The van der Waals surface area contributed by atoms with E-state index in [4.69, 9.17) is 4.74 Å². The van der Waals surface area contributed by atoms with Gasteiger partial charge in [-0.25, -0.2) is 26.7 Å². The second-order valence-electron chi connectivity index (χ2n) is 9.85. The van der Waals surface area contributed by atoms with Crippen molar-refractivity contribution >= 4 is 27.4 Å². The Balaban J connectivity index is 1.60. The summed E-state index contributed by atoms with van der Waals surface area (Å²) in [4.78, 5) is 15.8. The summed E-state index contributed by atoms with van der Waals surface area (Å²) < 4.78 is 61.6. The Morgan fingerprint density at radius 1 is 1.06 bits per heavy atom. The predicted molar refractivity (Wildman–Crippen MR) is 124 cm³/mol. The highest BCUT2D eigenvalue weighted by molar-refractivity contribution is 7.90. The number of hydrogen-bond donors (Lipinski definition) is 2. The maximum atomic E-state index is 14.8. The van der Waals surface area contributed by atoms with Gasteiger partial charge in [0.15, 0.2) is 11.6 Å². The molecule has 0 radical (unpaired) electrons.